The minimum atomic E-state index is -0.891. The number of carbonyl (C=O) groups is 2. The normalized spacial score (nSPS) is 17.4. The first kappa shape index (κ1) is 23.1. The molecule has 0 bridgehead atoms. The fourth-order valence-corrected chi connectivity index (χ4v) is 5.76. The van der Waals surface area contributed by atoms with Crippen LogP contribution in [0.1, 0.15) is 28.3 Å². The minimum absolute atomic E-state index is 0.0189. The Bertz CT molecular complexity index is 1520. The highest BCUT2D eigenvalue weighted by atomic mass is 35.5. The molecule has 35 heavy (non-hydrogen) atoms. The Labute approximate surface area is 211 Å². The number of carbonyl (C=O) groups excluding carboxylic acids is 2. The number of aliphatic hydroxyl groups excluding tert-OH is 1. The molecule has 2 heterocycles. The first-order valence-electron chi connectivity index (χ1n) is 10.9. The van der Waals surface area contributed by atoms with Crippen molar-refractivity contribution in [1.29, 1.82) is 0 Å². The molecule has 1 aliphatic heterocycles. The Kier molecular flexibility index (Phi) is 5.83. The maximum atomic E-state index is 13.4. The van der Waals surface area contributed by atoms with Crippen molar-refractivity contribution in [3.63, 3.8) is 0 Å². The second-order valence-corrected chi connectivity index (χ2v) is 9.82. The topological polar surface area (TPSA) is 79.7 Å². The number of aromatic nitrogens is 1. The molecule has 1 saturated heterocycles. The van der Waals surface area contributed by atoms with Gasteiger partial charge in [-0.25, -0.2) is 4.98 Å². The van der Waals surface area contributed by atoms with E-state index in [0.29, 0.717) is 27.0 Å². The third kappa shape index (κ3) is 3.96. The predicted molar refractivity (Wildman–Crippen MR) is 138 cm³/mol. The lowest BCUT2D eigenvalue weighted by Gasteiger charge is -2.23. The molecule has 8 heteroatoms. The van der Waals surface area contributed by atoms with Crippen LogP contribution in [0.2, 0.25) is 5.02 Å². The summed E-state index contributed by atoms with van der Waals surface area (Å²) in [5.41, 5.74) is 3.81. The van der Waals surface area contributed by atoms with Gasteiger partial charge in [-0.1, -0.05) is 41.1 Å². The lowest BCUT2D eigenvalue weighted by Crippen LogP contribution is -2.29. The highest BCUT2D eigenvalue weighted by Crippen LogP contribution is 2.45. The average Bonchev–Trinajstić information content (AvgIpc) is 3.37. The number of thiazole rings is 1. The number of aryl methyl sites for hydroxylation is 2. The number of hydrogen-bond acceptors (Lipinski definition) is 6. The Hall–Kier alpha value is -3.68. The number of ether oxygens (including phenoxy) is 1. The van der Waals surface area contributed by atoms with Crippen molar-refractivity contribution in [2.75, 3.05) is 12.0 Å². The Balaban J connectivity index is 1.73. The summed E-state index contributed by atoms with van der Waals surface area (Å²) in [5.74, 6) is -1.20. The maximum Gasteiger partial charge on any atom is 0.301 e. The summed E-state index contributed by atoms with van der Waals surface area (Å²) in [7, 11) is 1.54. The number of fused-ring (bicyclic) bond motifs is 1. The van der Waals surface area contributed by atoms with Gasteiger partial charge < -0.3 is 9.84 Å². The van der Waals surface area contributed by atoms with Crippen LogP contribution in [0.25, 0.3) is 16.0 Å². The minimum Gasteiger partial charge on any atom is -0.507 e. The molecular formula is C27H21ClN2O4S. The van der Waals surface area contributed by atoms with Crippen LogP contribution >= 0.6 is 22.9 Å². The van der Waals surface area contributed by atoms with Crippen LogP contribution in [-0.2, 0) is 9.59 Å². The van der Waals surface area contributed by atoms with Crippen LogP contribution in [-0.4, -0.2) is 28.9 Å². The van der Waals surface area contributed by atoms with E-state index in [1.807, 2.05) is 26.0 Å². The molecule has 0 aliphatic carbocycles. The SMILES string of the molecule is COc1ccc(C(O)=C2C(=O)C(=O)N(c3nc4c(C)cc(C)cc4s3)C2c2cccc(Cl)c2)cc1. The van der Waals surface area contributed by atoms with Gasteiger partial charge in [0.2, 0.25) is 0 Å². The Morgan fingerprint density at radius 1 is 1.09 bits per heavy atom. The molecule has 1 unspecified atom stereocenters. The third-order valence-corrected chi connectivity index (χ3v) is 7.23. The Morgan fingerprint density at radius 3 is 2.51 bits per heavy atom. The number of anilines is 1. The van der Waals surface area contributed by atoms with Crippen molar-refractivity contribution in [2.24, 2.45) is 0 Å². The number of benzene rings is 3. The largest absolute Gasteiger partial charge is 0.507 e. The zero-order valence-corrected chi connectivity index (χ0v) is 20.8. The first-order chi connectivity index (χ1) is 16.8. The van der Waals surface area contributed by atoms with Gasteiger partial charge in [0, 0.05) is 10.6 Å². The van der Waals surface area contributed by atoms with Crippen molar-refractivity contribution in [3.05, 3.63) is 93.5 Å². The molecule has 6 nitrogen and oxygen atoms in total. The van der Waals surface area contributed by atoms with Crippen LogP contribution in [0.3, 0.4) is 0 Å². The molecule has 1 aliphatic rings. The predicted octanol–water partition coefficient (Wildman–Crippen LogP) is 6.20. The quantitative estimate of drug-likeness (QED) is 0.203. The van der Waals surface area contributed by atoms with Crippen molar-refractivity contribution in [3.8, 4) is 5.75 Å². The van der Waals surface area contributed by atoms with E-state index in [-0.39, 0.29) is 11.3 Å². The summed E-state index contributed by atoms with van der Waals surface area (Å²) < 4.78 is 6.11. The molecular weight excluding hydrogens is 484 g/mol. The summed E-state index contributed by atoms with van der Waals surface area (Å²) in [6, 6.07) is 16.7. The molecule has 4 aromatic rings. The zero-order valence-electron chi connectivity index (χ0n) is 19.2. The summed E-state index contributed by atoms with van der Waals surface area (Å²) in [6.45, 7) is 3.96. The first-order valence-corrected chi connectivity index (χ1v) is 12.1. The van der Waals surface area contributed by atoms with Gasteiger partial charge >= 0.3 is 5.91 Å². The van der Waals surface area contributed by atoms with Crippen molar-refractivity contribution < 1.29 is 19.4 Å². The lowest BCUT2D eigenvalue weighted by atomic mass is 9.95. The molecule has 3 aromatic carbocycles. The van der Waals surface area contributed by atoms with E-state index in [1.165, 1.54) is 16.2 Å². The highest BCUT2D eigenvalue weighted by molar-refractivity contribution is 7.22. The van der Waals surface area contributed by atoms with Crippen molar-refractivity contribution in [1.82, 2.24) is 4.98 Å². The van der Waals surface area contributed by atoms with Crippen molar-refractivity contribution >= 4 is 55.7 Å². The zero-order chi connectivity index (χ0) is 24.9. The number of hydrogen-bond donors (Lipinski definition) is 1. The summed E-state index contributed by atoms with van der Waals surface area (Å²) in [4.78, 5) is 32.8. The molecule has 5 rings (SSSR count). The second kappa shape index (κ2) is 8.83. The number of rotatable bonds is 4. The summed E-state index contributed by atoms with van der Waals surface area (Å²) >= 11 is 7.61. The van der Waals surface area contributed by atoms with E-state index in [4.69, 9.17) is 21.3 Å². The third-order valence-electron chi connectivity index (χ3n) is 6.00. The number of aliphatic hydroxyl groups is 1. The number of ketones is 1. The number of nitrogens with zero attached hydrogens (tertiary/aromatic N) is 2. The van der Waals surface area contributed by atoms with Gasteiger partial charge in [0.05, 0.1) is 28.9 Å². The fourth-order valence-electron chi connectivity index (χ4n) is 4.39. The number of amides is 1. The maximum absolute atomic E-state index is 13.4. The van der Waals surface area contributed by atoms with Gasteiger partial charge in [-0.3, -0.25) is 14.5 Å². The number of halogens is 1. The van der Waals surface area contributed by atoms with E-state index in [1.54, 1.807) is 55.6 Å². The molecule has 1 atom stereocenters. The summed E-state index contributed by atoms with van der Waals surface area (Å²) in [5, 5.41) is 12.1. The summed E-state index contributed by atoms with van der Waals surface area (Å²) in [6.07, 6.45) is 0. The van der Waals surface area contributed by atoms with Crippen LogP contribution < -0.4 is 9.64 Å². The van der Waals surface area contributed by atoms with Crippen LogP contribution in [0.4, 0.5) is 5.13 Å². The van der Waals surface area contributed by atoms with Gasteiger partial charge in [0.25, 0.3) is 5.78 Å². The molecule has 0 spiro atoms. The second-order valence-electron chi connectivity index (χ2n) is 8.38. The van der Waals surface area contributed by atoms with E-state index in [2.05, 4.69) is 0 Å². The van der Waals surface area contributed by atoms with Crippen LogP contribution in [0.5, 0.6) is 5.75 Å². The lowest BCUT2D eigenvalue weighted by molar-refractivity contribution is -0.132. The average molecular weight is 505 g/mol. The Morgan fingerprint density at radius 2 is 1.83 bits per heavy atom. The van der Waals surface area contributed by atoms with Gasteiger partial charge in [-0.2, -0.15) is 0 Å². The molecule has 1 N–H and O–H groups in total. The fraction of sp³-hybridized carbons (Fsp3) is 0.148. The smallest absolute Gasteiger partial charge is 0.301 e. The van der Waals surface area contributed by atoms with Gasteiger partial charge in [0.1, 0.15) is 11.5 Å². The van der Waals surface area contributed by atoms with Gasteiger partial charge in [-0.15, -0.1) is 0 Å². The molecule has 0 saturated carbocycles. The molecule has 176 valence electrons. The molecule has 1 fully saturated rings. The van der Waals surface area contributed by atoms with Crippen LogP contribution in [0, 0.1) is 13.8 Å². The van der Waals surface area contributed by atoms with Crippen molar-refractivity contribution in [2.45, 2.75) is 19.9 Å². The number of methoxy groups -OCH3 is 1. The molecule has 1 aromatic heterocycles. The standard InChI is InChI=1S/C27H21ClN2O4S/c1-14-11-15(2)22-20(12-14)35-27(29-22)30-23(17-5-4-6-18(28)13-17)21(25(32)26(30)33)24(31)16-7-9-19(34-3)10-8-16/h4-13,23,31H,1-3H3. The van der Waals surface area contributed by atoms with E-state index < -0.39 is 17.7 Å². The molecule has 0 radical (unpaired) electrons. The van der Waals surface area contributed by atoms with Crippen LogP contribution in [0.15, 0.2) is 66.2 Å². The van der Waals surface area contributed by atoms with Gasteiger partial charge in [-0.05, 0) is 73.0 Å². The molecule has 1 amide bonds. The van der Waals surface area contributed by atoms with E-state index >= 15 is 0 Å². The van der Waals surface area contributed by atoms with E-state index in [9.17, 15) is 14.7 Å². The van der Waals surface area contributed by atoms with E-state index in [0.717, 1.165) is 21.3 Å². The number of Topliss-reactive ketones (excluding diaryl/α,β-unsaturated/α-hetero) is 1. The van der Waals surface area contributed by atoms with Gasteiger partial charge in [0.15, 0.2) is 5.13 Å². The highest BCUT2D eigenvalue weighted by Gasteiger charge is 2.48. The monoisotopic (exact) mass is 504 g/mol.